The van der Waals surface area contributed by atoms with Crippen LogP contribution in [0.1, 0.15) is 16.1 Å². The van der Waals surface area contributed by atoms with Crippen molar-refractivity contribution in [3.63, 3.8) is 0 Å². The summed E-state index contributed by atoms with van der Waals surface area (Å²) in [6.45, 7) is 0. The summed E-state index contributed by atoms with van der Waals surface area (Å²) in [6.07, 6.45) is -3.82. The number of para-hydroxylation sites is 1. The molecule has 122 valence electrons. The first-order valence-corrected chi connectivity index (χ1v) is 7.04. The Morgan fingerprint density at radius 1 is 1.13 bits per heavy atom. The van der Waals surface area contributed by atoms with E-state index in [1.54, 1.807) is 0 Å². The zero-order valence-corrected chi connectivity index (χ0v) is 12.1. The number of carbonyl (C=O) groups is 1. The van der Waals surface area contributed by atoms with Gasteiger partial charge in [0.1, 0.15) is 5.69 Å². The van der Waals surface area contributed by atoms with Crippen LogP contribution >= 0.6 is 11.8 Å². The number of anilines is 1. The number of aromatic nitrogens is 1. The number of alkyl halides is 5. The van der Waals surface area contributed by atoms with Gasteiger partial charge in [-0.3, -0.25) is 9.78 Å². The number of nitrogens with one attached hydrogen (secondary N) is 1. The summed E-state index contributed by atoms with van der Waals surface area (Å²) in [6, 6.07) is 7.52. The highest BCUT2D eigenvalue weighted by molar-refractivity contribution is 7.99. The Morgan fingerprint density at radius 2 is 1.83 bits per heavy atom. The van der Waals surface area contributed by atoms with Crippen molar-refractivity contribution in [2.24, 2.45) is 0 Å². The average molecular weight is 348 g/mol. The van der Waals surface area contributed by atoms with Crippen LogP contribution in [0.5, 0.6) is 0 Å². The van der Waals surface area contributed by atoms with E-state index in [2.05, 4.69) is 10.3 Å². The number of rotatable bonds is 4. The van der Waals surface area contributed by atoms with E-state index in [-0.39, 0.29) is 27.9 Å². The third-order valence-corrected chi connectivity index (χ3v) is 3.46. The minimum absolute atomic E-state index is 0.116. The molecule has 0 bridgehead atoms. The van der Waals surface area contributed by atoms with Gasteiger partial charge in [0.05, 0.1) is 11.3 Å². The van der Waals surface area contributed by atoms with E-state index in [1.165, 1.54) is 24.3 Å². The number of benzene rings is 1. The molecule has 0 aliphatic heterocycles. The van der Waals surface area contributed by atoms with E-state index < -0.39 is 23.5 Å². The summed E-state index contributed by atoms with van der Waals surface area (Å²) in [7, 11) is 0. The molecular weight excluding hydrogens is 339 g/mol. The zero-order valence-electron chi connectivity index (χ0n) is 11.3. The van der Waals surface area contributed by atoms with Gasteiger partial charge in [-0.15, -0.1) is 0 Å². The Hall–Kier alpha value is -2.16. The summed E-state index contributed by atoms with van der Waals surface area (Å²) in [5.41, 5.74) is -1.10. The van der Waals surface area contributed by atoms with Crippen LogP contribution in [0.15, 0.2) is 47.5 Å². The van der Waals surface area contributed by atoms with Gasteiger partial charge in [-0.1, -0.05) is 23.9 Å². The quantitative estimate of drug-likeness (QED) is 0.645. The average Bonchev–Trinajstić information content (AvgIpc) is 2.48. The van der Waals surface area contributed by atoms with Crippen molar-refractivity contribution in [2.75, 3.05) is 5.32 Å². The Morgan fingerprint density at radius 3 is 2.39 bits per heavy atom. The summed E-state index contributed by atoms with van der Waals surface area (Å²) < 4.78 is 62.1. The summed E-state index contributed by atoms with van der Waals surface area (Å²) in [5.74, 6) is -3.41. The van der Waals surface area contributed by atoms with Crippen LogP contribution in [0.2, 0.25) is 0 Å². The molecule has 0 fully saturated rings. The van der Waals surface area contributed by atoms with Crippen LogP contribution in [-0.4, -0.2) is 16.6 Å². The fraction of sp³-hybridized carbons (Fsp3) is 0.143. The van der Waals surface area contributed by atoms with Gasteiger partial charge in [-0.25, -0.2) is 0 Å². The molecule has 0 atom stereocenters. The lowest BCUT2D eigenvalue weighted by molar-refractivity contribution is -0.141. The van der Waals surface area contributed by atoms with E-state index in [4.69, 9.17) is 0 Å². The van der Waals surface area contributed by atoms with Crippen LogP contribution in [0.25, 0.3) is 0 Å². The maximum absolute atomic E-state index is 12.5. The molecule has 0 saturated carbocycles. The van der Waals surface area contributed by atoms with Gasteiger partial charge in [-0.05, 0) is 24.3 Å². The molecule has 1 heterocycles. The second-order valence-corrected chi connectivity index (χ2v) is 5.29. The maximum atomic E-state index is 12.5. The highest BCUT2D eigenvalue weighted by Gasteiger charge is 2.32. The Labute approximate surface area is 131 Å². The minimum atomic E-state index is -4.60. The molecule has 1 N–H and O–H groups in total. The highest BCUT2D eigenvalue weighted by atomic mass is 32.2. The number of nitrogens with zero attached hydrogens (tertiary/aromatic N) is 1. The summed E-state index contributed by atoms with van der Waals surface area (Å²) in [5, 5.41) is 2.38. The van der Waals surface area contributed by atoms with Crippen molar-refractivity contribution in [3.05, 3.63) is 53.9 Å². The molecule has 2 rings (SSSR count). The second-order valence-electron chi connectivity index (χ2n) is 4.26. The van der Waals surface area contributed by atoms with Gasteiger partial charge in [0.2, 0.25) is 0 Å². The highest BCUT2D eigenvalue weighted by Crippen LogP contribution is 2.32. The molecule has 1 amide bonds. The molecule has 1 aromatic heterocycles. The molecule has 9 heteroatoms. The maximum Gasteiger partial charge on any atom is 0.433 e. The molecule has 2 aromatic rings. The molecular formula is C14H9F5N2OS. The molecule has 23 heavy (non-hydrogen) atoms. The first-order valence-electron chi connectivity index (χ1n) is 6.16. The second kappa shape index (κ2) is 6.95. The molecule has 1 aromatic carbocycles. The van der Waals surface area contributed by atoms with Crippen molar-refractivity contribution >= 4 is 23.4 Å². The number of carbonyl (C=O) groups excluding carboxylic acids is 1. The minimum Gasteiger partial charge on any atom is -0.321 e. The lowest BCUT2D eigenvalue weighted by Gasteiger charge is -2.11. The van der Waals surface area contributed by atoms with Crippen molar-refractivity contribution in [1.82, 2.24) is 4.98 Å². The van der Waals surface area contributed by atoms with Crippen LogP contribution in [0.4, 0.5) is 27.6 Å². The number of amides is 1. The molecule has 0 saturated heterocycles. The summed E-state index contributed by atoms with van der Waals surface area (Å²) >= 11 is 0.256. The number of hydrogen-bond acceptors (Lipinski definition) is 3. The fourth-order valence-electron chi connectivity index (χ4n) is 1.66. The van der Waals surface area contributed by atoms with E-state index in [9.17, 15) is 26.7 Å². The largest absolute Gasteiger partial charge is 0.433 e. The number of hydrogen-bond donors (Lipinski definition) is 1. The lowest BCUT2D eigenvalue weighted by Crippen LogP contribution is -2.14. The summed E-state index contributed by atoms with van der Waals surface area (Å²) in [4.78, 5) is 15.3. The smallest absolute Gasteiger partial charge is 0.321 e. The van der Waals surface area contributed by atoms with Gasteiger partial charge >= 0.3 is 6.18 Å². The Balaban J connectivity index is 2.16. The number of pyridine rings is 1. The first-order chi connectivity index (χ1) is 10.8. The standard InChI is InChI=1S/C14H9F5N2OS/c15-13(16)23-10-4-2-1-3-9(10)21-12(22)8-5-6-11(20-7-8)14(17,18)19/h1-7,13H,(H,21,22). The predicted molar refractivity (Wildman–Crippen MR) is 75.5 cm³/mol. The normalized spacial score (nSPS) is 11.6. The molecule has 3 nitrogen and oxygen atoms in total. The van der Waals surface area contributed by atoms with Crippen LogP contribution in [-0.2, 0) is 6.18 Å². The third kappa shape index (κ3) is 4.65. The Kier molecular flexibility index (Phi) is 5.19. The van der Waals surface area contributed by atoms with Crippen molar-refractivity contribution < 1.29 is 26.7 Å². The van der Waals surface area contributed by atoms with Gasteiger partial charge in [0.25, 0.3) is 11.7 Å². The molecule has 0 aliphatic carbocycles. The number of thioether (sulfide) groups is 1. The lowest BCUT2D eigenvalue weighted by atomic mass is 10.2. The van der Waals surface area contributed by atoms with Gasteiger partial charge in [0, 0.05) is 11.1 Å². The van der Waals surface area contributed by atoms with Crippen LogP contribution in [0.3, 0.4) is 0 Å². The number of halogens is 5. The van der Waals surface area contributed by atoms with Gasteiger partial charge in [0.15, 0.2) is 0 Å². The van der Waals surface area contributed by atoms with Crippen LogP contribution in [0, 0.1) is 0 Å². The fourth-order valence-corrected chi connectivity index (χ4v) is 2.25. The first kappa shape index (κ1) is 17.2. The van der Waals surface area contributed by atoms with E-state index >= 15 is 0 Å². The van der Waals surface area contributed by atoms with E-state index in [1.807, 2.05) is 0 Å². The third-order valence-electron chi connectivity index (χ3n) is 2.67. The monoisotopic (exact) mass is 348 g/mol. The van der Waals surface area contributed by atoms with Crippen LogP contribution < -0.4 is 5.32 Å². The van der Waals surface area contributed by atoms with Crippen molar-refractivity contribution in [3.8, 4) is 0 Å². The molecule has 0 radical (unpaired) electrons. The molecule has 0 unspecified atom stereocenters. The topological polar surface area (TPSA) is 42.0 Å². The van der Waals surface area contributed by atoms with E-state index in [0.29, 0.717) is 6.07 Å². The predicted octanol–water partition coefficient (Wildman–Crippen LogP) is 4.67. The Bertz CT molecular complexity index is 688. The van der Waals surface area contributed by atoms with Gasteiger partial charge in [-0.2, -0.15) is 22.0 Å². The SMILES string of the molecule is O=C(Nc1ccccc1SC(F)F)c1ccc(C(F)(F)F)nc1. The molecule has 0 aliphatic rings. The molecule has 0 spiro atoms. The van der Waals surface area contributed by atoms with Gasteiger partial charge < -0.3 is 5.32 Å². The van der Waals surface area contributed by atoms with E-state index in [0.717, 1.165) is 12.3 Å². The zero-order chi connectivity index (χ0) is 17.0. The van der Waals surface area contributed by atoms with Crippen molar-refractivity contribution in [1.29, 1.82) is 0 Å². The van der Waals surface area contributed by atoms with Crippen molar-refractivity contribution in [2.45, 2.75) is 16.8 Å².